The van der Waals surface area contributed by atoms with E-state index in [9.17, 15) is 9.59 Å². The van der Waals surface area contributed by atoms with Gasteiger partial charge < -0.3 is 4.90 Å². The Morgan fingerprint density at radius 2 is 2.17 bits per heavy atom. The largest absolute Gasteiger partial charge is 0.324 e. The maximum Gasteiger partial charge on any atom is 0.324 e. The highest BCUT2D eigenvalue weighted by Crippen LogP contribution is 2.32. The highest BCUT2D eigenvalue weighted by Gasteiger charge is 2.28. The molecule has 0 aromatic heterocycles. The average molecular weight is 168 g/mol. The van der Waals surface area contributed by atoms with Crippen molar-refractivity contribution >= 4 is 11.9 Å². The normalized spacial score (nSPS) is 23.2. The first-order valence-corrected chi connectivity index (χ1v) is 4.34. The number of nitrogens with one attached hydrogen (secondary N) is 1. The topological polar surface area (TPSA) is 49.4 Å². The number of imide groups is 1. The van der Waals surface area contributed by atoms with Gasteiger partial charge in [0.2, 0.25) is 5.91 Å². The van der Waals surface area contributed by atoms with Gasteiger partial charge in [0.05, 0.1) is 0 Å². The average Bonchev–Trinajstić information content (AvgIpc) is 2.76. The van der Waals surface area contributed by atoms with Gasteiger partial charge in [-0.2, -0.15) is 0 Å². The first-order chi connectivity index (χ1) is 5.75. The van der Waals surface area contributed by atoms with Crippen LogP contribution in [-0.4, -0.2) is 29.9 Å². The fraction of sp³-hybridized carbons (Fsp3) is 0.750. The third kappa shape index (κ3) is 1.57. The van der Waals surface area contributed by atoms with E-state index in [1.54, 1.807) is 4.90 Å². The van der Waals surface area contributed by atoms with Crippen LogP contribution in [0.25, 0.3) is 0 Å². The summed E-state index contributed by atoms with van der Waals surface area (Å²) < 4.78 is 0. The minimum absolute atomic E-state index is 0.171. The molecule has 1 saturated carbocycles. The van der Waals surface area contributed by atoms with E-state index in [4.69, 9.17) is 0 Å². The lowest BCUT2D eigenvalue weighted by molar-refractivity contribution is -0.118. The third-order valence-corrected chi connectivity index (χ3v) is 2.37. The second kappa shape index (κ2) is 2.77. The van der Waals surface area contributed by atoms with Gasteiger partial charge in [0.15, 0.2) is 0 Å². The molecule has 1 N–H and O–H groups in total. The van der Waals surface area contributed by atoms with Crippen LogP contribution < -0.4 is 5.32 Å². The van der Waals surface area contributed by atoms with Crippen molar-refractivity contribution in [2.75, 3.05) is 13.1 Å². The molecule has 2 aliphatic rings. The molecular weight excluding hydrogens is 156 g/mol. The Bertz CT molecular complexity index is 223. The van der Waals surface area contributed by atoms with Gasteiger partial charge in [-0.1, -0.05) is 12.8 Å². The maximum absolute atomic E-state index is 11.0. The van der Waals surface area contributed by atoms with Crippen LogP contribution in [0.15, 0.2) is 0 Å². The molecule has 0 bridgehead atoms. The van der Waals surface area contributed by atoms with Crippen molar-refractivity contribution in [1.29, 1.82) is 0 Å². The highest BCUT2D eigenvalue weighted by molar-refractivity contribution is 6.01. The van der Waals surface area contributed by atoms with E-state index < -0.39 is 0 Å². The molecule has 0 atom stereocenters. The van der Waals surface area contributed by atoms with Crippen LogP contribution in [0.5, 0.6) is 0 Å². The summed E-state index contributed by atoms with van der Waals surface area (Å²) in [6, 6.07) is -0.222. The zero-order valence-electron chi connectivity index (χ0n) is 6.88. The van der Waals surface area contributed by atoms with Crippen molar-refractivity contribution in [2.45, 2.75) is 19.3 Å². The van der Waals surface area contributed by atoms with E-state index in [2.05, 4.69) is 5.32 Å². The molecule has 2 rings (SSSR count). The number of nitrogens with zero attached hydrogens (tertiary/aromatic N) is 1. The third-order valence-electron chi connectivity index (χ3n) is 2.37. The first-order valence-electron chi connectivity index (χ1n) is 4.34. The standard InChI is InChI=1S/C8H12N2O2/c11-7-5-10(8(12)9-7)4-3-6-1-2-6/h6H,1-5H2,(H,9,11,12). The lowest BCUT2D eigenvalue weighted by Crippen LogP contribution is -2.29. The second-order valence-corrected chi connectivity index (χ2v) is 3.51. The van der Waals surface area contributed by atoms with E-state index in [1.165, 1.54) is 12.8 Å². The number of carbonyl (C=O) groups excluding carboxylic acids is 2. The molecule has 1 aliphatic heterocycles. The van der Waals surface area contributed by atoms with Gasteiger partial charge in [-0.25, -0.2) is 4.79 Å². The summed E-state index contributed by atoms with van der Waals surface area (Å²) in [5, 5.41) is 2.26. The summed E-state index contributed by atoms with van der Waals surface area (Å²) >= 11 is 0. The van der Waals surface area contributed by atoms with Crippen LogP contribution in [0.4, 0.5) is 4.79 Å². The highest BCUT2D eigenvalue weighted by atomic mass is 16.2. The molecule has 0 aromatic rings. The number of carbonyl (C=O) groups is 2. The van der Waals surface area contributed by atoms with Crippen molar-refractivity contribution in [2.24, 2.45) is 5.92 Å². The lowest BCUT2D eigenvalue weighted by atomic mass is 10.3. The maximum atomic E-state index is 11.0. The molecule has 12 heavy (non-hydrogen) atoms. The molecule has 0 unspecified atom stereocenters. The number of hydrogen-bond acceptors (Lipinski definition) is 2. The number of rotatable bonds is 3. The van der Waals surface area contributed by atoms with Crippen LogP contribution in [0.1, 0.15) is 19.3 Å². The monoisotopic (exact) mass is 168 g/mol. The van der Waals surface area contributed by atoms with Crippen molar-refractivity contribution < 1.29 is 9.59 Å². The molecule has 4 nitrogen and oxygen atoms in total. The van der Waals surface area contributed by atoms with Gasteiger partial charge in [0.1, 0.15) is 6.54 Å². The molecule has 3 amide bonds. The summed E-state index contributed by atoms with van der Waals surface area (Å²) in [7, 11) is 0. The summed E-state index contributed by atoms with van der Waals surface area (Å²) in [4.78, 5) is 23.3. The molecule has 0 spiro atoms. The van der Waals surface area contributed by atoms with Crippen molar-refractivity contribution in [3.63, 3.8) is 0 Å². The SMILES string of the molecule is O=C1CN(CCC2CC2)C(=O)N1. The predicted octanol–water partition coefficient (Wildman–Crippen LogP) is 0.338. The van der Waals surface area contributed by atoms with Gasteiger partial charge in [-0.15, -0.1) is 0 Å². The molecule has 4 heteroatoms. The summed E-state index contributed by atoms with van der Waals surface area (Å²) in [6.07, 6.45) is 3.65. The van der Waals surface area contributed by atoms with Crippen LogP contribution in [0.2, 0.25) is 0 Å². The molecular formula is C8H12N2O2. The summed E-state index contributed by atoms with van der Waals surface area (Å²) in [6.45, 7) is 0.994. The molecule has 1 saturated heterocycles. The Hall–Kier alpha value is -1.06. The zero-order valence-corrected chi connectivity index (χ0v) is 6.88. The minimum Gasteiger partial charge on any atom is -0.315 e. The van der Waals surface area contributed by atoms with Gasteiger partial charge in [-0.05, 0) is 12.3 Å². The van der Waals surface area contributed by atoms with Crippen LogP contribution in [0, 0.1) is 5.92 Å². The number of urea groups is 1. The summed E-state index contributed by atoms with van der Waals surface area (Å²) in [5.41, 5.74) is 0. The van der Waals surface area contributed by atoms with Crippen molar-refractivity contribution in [3.05, 3.63) is 0 Å². The van der Waals surface area contributed by atoms with Crippen molar-refractivity contribution in [3.8, 4) is 0 Å². The Labute approximate surface area is 70.9 Å². The Morgan fingerprint density at radius 3 is 2.67 bits per heavy atom. The van der Waals surface area contributed by atoms with Crippen LogP contribution in [-0.2, 0) is 4.79 Å². The lowest BCUT2D eigenvalue weighted by Gasteiger charge is -2.11. The van der Waals surface area contributed by atoms with E-state index in [0.717, 1.165) is 18.9 Å². The minimum atomic E-state index is -0.222. The van der Waals surface area contributed by atoms with E-state index in [0.29, 0.717) is 0 Å². The Balaban J connectivity index is 1.78. The summed E-state index contributed by atoms with van der Waals surface area (Å²) in [5.74, 6) is 0.643. The number of amides is 3. The number of hydrogen-bond donors (Lipinski definition) is 1. The quantitative estimate of drug-likeness (QED) is 0.618. The van der Waals surface area contributed by atoms with Gasteiger partial charge in [0, 0.05) is 6.54 Å². The smallest absolute Gasteiger partial charge is 0.315 e. The molecule has 1 heterocycles. The van der Waals surface area contributed by atoms with Gasteiger partial charge in [0.25, 0.3) is 0 Å². The zero-order chi connectivity index (χ0) is 8.55. The molecule has 0 radical (unpaired) electrons. The van der Waals surface area contributed by atoms with Gasteiger partial charge >= 0.3 is 6.03 Å². The molecule has 0 aromatic carbocycles. The van der Waals surface area contributed by atoms with E-state index in [1.807, 2.05) is 0 Å². The Kier molecular flexibility index (Phi) is 1.75. The van der Waals surface area contributed by atoms with Gasteiger partial charge in [-0.3, -0.25) is 10.1 Å². The van der Waals surface area contributed by atoms with Crippen LogP contribution in [0.3, 0.4) is 0 Å². The van der Waals surface area contributed by atoms with E-state index >= 15 is 0 Å². The molecule has 66 valence electrons. The molecule has 1 aliphatic carbocycles. The molecule has 2 fully saturated rings. The van der Waals surface area contributed by atoms with E-state index in [-0.39, 0.29) is 18.5 Å². The fourth-order valence-electron chi connectivity index (χ4n) is 1.41. The fourth-order valence-corrected chi connectivity index (χ4v) is 1.41. The predicted molar refractivity (Wildman–Crippen MR) is 42.5 cm³/mol. The van der Waals surface area contributed by atoms with Crippen molar-refractivity contribution in [1.82, 2.24) is 10.2 Å². The second-order valence-electron chi connectivity index (χ2n) is 3.51. The Morgan fingerprint density at radius 1 is 1.42 bits per heavy atom. The van der Waals surface area contributed by atoms with Crippen LogP contribution >= 0.6 is 0 Å². The first kappa shape index (κ1) is 7.58.